The summed E-state index contributed by atoms with van der Waals surface area (Å²) in [6.07, 6.45) is 5.91. The minimum atomic E-state index is -0.195. The van der Waals surface area contributed by atoms with Crippen molar-refractivity contribution < 1.29 is 4.79 Å². The zero-order chi connectivity index (χ0) is 18.5. The van der Waals surface area contributed by atoms with Gasteiger partial charge in [0, 0.05) is 25.3 Å². The number of anilines is 1. The molecule has 2 aromatic rings. The number of hydrogen-bond acceptors (Lipinski definition) is 4. The highest BCUT2D eigenvalue weighted by atomic mass is 35.5. The molecule has 1 unspecified atom stereocenters. The zero-order valence-electron chi connectivity index (χ0n) is 15.4. The summed E-state index contributed by atoms with van der Waals surface area (Å²) in [5.74, 6) is 0.595. The fourth-order valence-electron chi connectivity index (χ4n) is 3.41. The fraction of sp³-hybridized carbons (Fsp3) is 0.526. The Hall–Kier alpha value is -2.08. The van der Waals surface area contributed by atoms with Crippen molar-refractivity contribution >= 4 is 23.2 Å². The molecular weight excluding hydrogens is 350 g/mol. The van der Waals surface area contributed by atoms with E-state index >= 15 is 0 Å². The number of carbonyl (C=O) groups excluding carboxylic acids is 1. The van der Waals surface area contributed by atoms with Crippen LogP contribution in [-0.4, -0.2) is 33.8 Å². The Morgan fingerprint density at radius 3 is 2.73 bits per heavy atom. The van der Waals surface area contributed by atoms with Gasteiger partial charge in [-0.3, -0.25) is 4.79 Å². The number of hydrogen-bond donors (Lipinski definition) is 1. The Morgan fingerprint density at radius 2 is 2.04 bits per heavy atom. The van der Waals surface area contributed by atoms with Crippen molar-refractivity contribution in [3.8, 4) is 0 Å². The SMILES string of the molecule is CCC(NC(=O)c1cc(N2CCCCC2)ccc1Cl)c1ncnn1CC. The van der Waals surface area contributed by atoms with E-state index in [4.69, 9.17) is 11.6 Å². The van der Waals surface area contributed by atoms with E-state index in [1.165, 1.54) is 25.6 Å². The van der Waals surface area contributed by atoms with Crippen LogP contribution >= 0.6 is 11.6 Å². The van der Waals surface area contributed by atoms with Crippen molar-refractivity contribution in [1.82, 2.24) is 20.1 Å². The number of amides is 1. The summed E-state index contributed by atoms with van der Waals surface area (Å²) in [7, 11) is 0. The fourth-order valence-corrected chi connectivity index (χ4v) is 3.61. The van der Waals surface area contributed by atoms with Gasteiger partial charge >= 0.3 is 0 Å². The molecule has 1 saturated heterocycles. The number of benzene rings is 1. The molecule has 1 fully saturated rings. The Morgan fingerprint density at radius 1 is 1.27 bits per heavy atom. The molecule has 3 rings (SSSR count). The quantitative estimate of drug-likeness (QED) is 0.833. The molecule has 1 aliphatic heterocycles. The molecular formula is C19H26ClN5O. The van der Waals surface area contributed by atoms with Gasteiger partial charge in [0.05, 0.1) is 16.6 Å². The largest absolute Gasteiger partial charge is 0.372 e. The van der Waals surface area contributed by atoms with Crippen LogP contribution in [0.4, 0.5) is 5.69 Å². The summed E-state index contributed by atoms with van der Waals surface area (Å²) in [4.78, 5) is 19.5. The van der Waals surface area contributed by atoms with Crippen LogP contribution in [0, 0.1) is 0 Å². The van der Waals surface area contributed by atoms with E-state index in [0.29, 0.717) is 17.1 Å². The number of halogens is 1. The summed E-state index contributed by atoms with van der Waals surface area (Å²) in [5.41, 5.74) is 1.57. The lowest BCUT2D eigenvalue weighted by molar-refractivity contribution is 0.0933. The maximum atomic E-state index is 12.9. The van der Waals surface area contributed by atoms with E-state index in [0.717, 1.165) is 31.0 Å². The van der Waals surface area contributed by atoms with E-state index in [9.17, 15) is 4.79 Å². The molecule has 6 nitrogen and oxygen atoms in total. The highest BCUT2D eigenvalue weighted by Gasteiger charge is 2.21. The number of aromatic nitrogens is 3. The van der Waals surface area contributed by atoms with Gasteiger partial charge in [-0.2, -0.15) is 5.10 Å². The minimum Gasteiger partial charge on any atom is -0.372 e. The van der Waals surface area contributed by atoms with Gasteiger partial charge < -0.3 is 10.2 Å². The molecule has 1 aromatic carbocycles. The van der Waals surface area contributed by atoms with Gasteiger partial charge in [-0.05, 0) is 50.8 Å². The standard InChI is InChI=1S/C19H26ClN5O/c1-3-17(18-21-13-22-25(18)4-2)23-19(26)15-12-14(8-9-16(15)20)24-10-6-5-7-11-24/h8-9,12-13,17H,3-7,10-11H2,1-2H3,(H,23,26). The second-order valence-corrected chi connectivity index (χ2v) is 6.99. The molecule has 1 aliphatic rings. The van der Waals surface area contributed by atoms with Crippen LogP contribution in [0.2, 0.25) is 5.02 Å². The number of rotatable bonds is 6. The molecule has 1 amide bonds. The van der Waals surface area contributed by atoms with Gasteiger partial charge in [0.15, 0.2) is 0 Å². The average molecular weight is 376 g/mol. The van der Waals surface area contributed by atoms with Crippen LogP contribution in [-0.2, 0) is 6.54 Å². The van der Waals surface area contributed by atoms with Crippen molar-refractivity contribution in [3.05, 3.63) is 40.9 Å². The summed E-state index contributed by atoms with van der Waals surface area (Å²) in [6.45, 7) is 6.80. The third-order valence-electron chi connectivity index (χ3n) is 4.89. The first-order chi connectivity index (χ1) is 12.6. The van der Waals surface area contributed by atoms with Crippen molar-refractivity contribution in [3.63, 3.8) is 0 Å². The molecule has 0 saturated carbocycles. The first-order valence-electron chi connectivity index (χ1n) is 9.37. The summed E-state index contributed by atoms with van der Waals surface area (Å²) in [5, 5.41) is 7.73. The van der Waals surface area contributed by atoms with Gasteiger partial charge in [0.1, 0.15) is 12.2 Å². The third-order valence-corrected chi connectivity index (χ3v) is 5.22. The van der Waals surface area contributed by atoms with E-state index in [1.54, 1.807) is 4.68 Å². The number of nitrogens with one attached hydrogen (secondary N) is 1. The molecule has 0 bridgehead atoms. The van der Waals surface area contributed by atoms with Gasteiger partial charge in [-0.15, -0.1) is 0 Å². The average Bonchev–Trinajstić information content (AvgIpc) is 3.15. The van der Waals surface area contributed by atoms with Crippen molar-refractivity contribution in [2.24, 2.45) is 0 Å². The molecule has 140 valence electrons. The maximum absolute atomic E-state index is 12.9. The minimum absolute atomic E-state index is 0.175. The number of carbonyl (C=O) groups is 1. The Balaban J connectivity index is 1.80. The second kappa shape index (κ2) is 8.54. The van der Waals surface area contributed by atoms with Crippen LogP contribution in [0.3, 0.4) is 0 Å². The van der Waals surface area contributed by atoms with Crippen LogP contribution in [0.15, 0.2) is 24.5 Å². The van der Waals surface area contributed by atoms with E-state index in [1.807, 2.05) is 32.0 Å². The number of nitrogens with zero attached hydrogens (tertiary/aromatic N) is 4. The van der Waals surface area contributed by atoms with Gasteiger partial charge in [-0.1, -0.05) is 18.5 Å². The Kier molecular flexibility index (Phi) is 6.14. The van der Waals surface area contributed by atoms with Gasteiger partial charge in [-0.25, -0.2) is 9.67 Å². The van der Waals surface area contributed by atoms with Gasteiger partial charge in [0.25, 0.3) is 5.91 Å². The molecule has 2 heterocycles. The summed E-state index contributed by atoms with van der Waals surface area (Å²) >= 11 is 6.33. The predicted octanol–water partition coefficient (Wildman–Crippen LogP) is 3.82. The second-order valence-electron chi connectivity index (χ2n) is 6.58. The molecule has 0 spiro atoms. The normalized spacial score (nSPS) is 15.7. The van der Waals surface area contributed by atoms with Crippen LogP contribution in [0.25, 0.3) is 0 Å². The molecule has 1 atom stereocenters. The molecule has 7 heteroatoms. The number of piperidine rings is 1. The molecule has 0 radical (unpaired) electrons. The lowest BCUT2D eigenvalue weighted by Crippen LogP contribution is -2.32. The monoisotopic (exact) mass is 375 g/mol. The van der Waals surface area contributed by atoms with E-state index < -0.39 is 0 Å². The van der Waals surface area contributed by atoms with E-state index in [-0.39, 0.29) is 11.9 Å². The lowest BCUT2D eigenvalue weighted by Gasteiger charge is -2.29. The first kappa shape index (κ1) is 18.7. The molecule has 1 N–H and O–H groups in total. The molecule has 26 heavy (non-hydrogen) atoms. The van der Waals surface area contributed by atoms with Crippen LogP contribution in [0.5, 0.6) is 0 Å². The van der Waals surface area contributed by atoms with Crippen molar-refractivity contribution in [2.45, 2.75) is 52.1 Å². The van der Waals surface area contributed by atoms with Crippen LogP contribution in [0.1, 0.15) is 61.8 Å². The zero-order valence-corrected chi connectivity index (χ0v) is 16.2. The molecule has 0 aliphatic carbocycles. The highest BCUT2D eigenvalue weighted by Crippen LogP contribution is 2.26. The maximum Gasteiger partial charge on any atom is 0.253 e. The van der Waals surface area contributed by atoms with Crippen molar-refractivity contribution in [1.29, 1.82) is 0 Å². The highest BCUT2D eigenvalue weighted by molar-refractivity contribution is 6.34. The van der Waals surface area contributed by atoms with Crippen molar-refractivity contribution in [2.75, 3.05) is 18.0 Å². The Labute approximate surface area is 159 Å². The lowest BCUT2D eigenvalue weighted by atomic mass is 10.1. The summed E-state index contributed by atoms with van der Waals surface area (Å²) < 4.78 is 1.81. The molecule has 1 aromatic heterocycles. The first-order valence-corrected chi connectivity index (χ1v) is 9.74. The van der Waals surface area contributed by atoms with E-state index in [2.05, 4.69) is 20.3 Å². The van der Waals surface area contributed by atoms with Crippen LogP contribution < -0.4 is 10.2 Å². The topological polar surface area (TPSA) is 63.1 Å². The predicted molar refractivity (Wildman–Crippen MR) is 104 cm³/mol. The number of aryl methyl sites for hydroxylation is 1. The smallest absolute Gasteiger partial charge is 0.253 e. The third kappa shape index (κ3) is 4.01. The Bertz CT molecular complexity index is 754. The summed E-state index contributed by atoms with van der Waals surface area (Å²) in [6, 6.07) is 5.52. The van der Waals surface area contributed by atoms with Gasteiger partial charge in [0.2, 0.25) is 0 Å².